The molecular weight excluding hydrogens is 582 g/mol. The van der Waals surface area contributed by atoms with Gasteiger partial charge in [-0.15, -0.1) is 0 Å². The molecular formula is C37H47NO6Si. The van der Waals surface area contributed by atoms with Crippen molar-refractivity contribution in [3.8, 4) is 0 Å². The first kappa shape index (κ1) is 35.5. The molecule has 0 radical (unpaired) electrons. The Hall–Kier alpha value is -3.98. The van der Waals surface area contributed by atoms with Gasteiger partial charge in [-0.2, -0.15) is 0 Å². The summed E-state index contributed by atoms with van der Waals surface area (Å²) >= 11 is 0. The van der Waals surface area contributed by atoms with E-state index in [1.807, 2.05) is 78.9 Å². The minimum Gasteiger partial charge on any atom is -0.466 e. The molecule has 0 aliphatic carbocycles. The number of amides is 1. The van der Waals surface area contributed by atoms with Gasteiger partial charge in [0.1, 0.15) is 11.7 Å². The number of rotatable bonds is 13. The van der Waals surface area contributed by atoms with Gasteiger partial charge in [-0.05, 0) is 47.8 Å². The van der Waals surface area contributed by atoms with E-state index in [9.17, 15) is 9.59 Å². The molecule has 2 atom stereocenters. The fourth-order valence-electron chi connectivity index (χ4n) is 5.11. The van der Waals surface area contributed by atoms with Gasteiger partial charge in [0.2, 0.25) is 0 Å². The number of benzene rings is 3. The number of carbonyl (C=O) groups is 2. The lowest BCUT2D eigenvalue weighted by molar-refractivity contribution is -0.134. The highest BCUT2D eigenvalue weighted by molar-refractivity contribution is 6.99. The summed E-state index contributed by atoms with van der Waals surface area (Å²) in [6, 6.07) is 29.8. The highest BCUT2D eigenvalue weighted by Crippen LogP contribution is 2.36. The van der Waals surface area contributed by atoms with Crippen molar-refractivity contribution < 1.29 is 28.2 Å². The normalized spacial score (nSPS) is 13.8. The van der Waals surface area contributed by atoms with Gasteiger partial charge in [0.25, 0.3) is 8.32 Å². The van der Waals surface area contributed by atoms with Gasteiger partial charge in [0, 0.05) is 6.08 Å². The van der Waals surface area contributed by atoms with Crippen LogP contribution in [-0.4, -0.2) is 51.8 Å². The molecule has 0 heterocycles. The summed E-state index contributed by atoms with van der Waals surface area (Å²) in [7, 11) is -1.47. The average molecular weight is 630 g/mol. The van der Waals surface area contributed by atoms with E-state index in [4.69, 9.17) is 18.6 Å². The van der Waals surface area contributed by atoms with Crippen LogP contribution in [0.4, 0.5) is 4.79 Å². The fourth-order valence-corrected chi connectivity index (χ4v) is 9.61. The Morgan fingerprint density at radius 1 is 0.800 bits per heavy atom. The van der Waals surface area contributed by atoms with Crippen molar-refractivity contribution in [2.45, 2.75) is 70.9 Å². The molecule has 45 heavy (non-hydrogen) atoms. The van der Waals surface area contributed by atoms with Crippen LogP contribution in [0.5, 0.6) is 0 Å². The third kappa shape index (κ3) is 10.6. The Labute approximate surface area is 269 Å². The summed E-state index contributed by atoms with van der Waals surface area (Å²) < 4.78 is 23.6. The molecule has 3 aromatic carbocycles. The number of methoxy groups -OCH3 is 1. The number of carbonyl (C=O) groups excluding carboxylic acids is 2. The van der Waals surface area contributed by atoms with Crippen LogP contribution in [0.15, 0.2) is 115 Å². The molecule has 0 fully saturated rings. The molecule has 0 aromatic heterocycles. The highest BCUT2D eigenvalue weighted by Gasteiger charge is 2.49. The zero-order valence-electron chi connectivity index (χ0n) is 27.5. The minimum atomic E-state index is -2.78. The van der Waals surface area contributed by atoms with Gasteiger partial charge in [-0.25, -0.2) is 9.59 Å². The van der Waals surface area contributed by atoms with Gasteiger partial charge in [0.05, 0.1) is 26.4 Å². The van der Waals surface area contributed by atoms with Crippen LogP contribution in [0.2, 0.25) is 5.04 Å². The van der Waals surface area contributed by atoms with Gasteiger partial charge in [-0.1, -0.05) is 124 Å². The molecule has 1 N–H and O–H groups in total. The molecule has 0 saturated carbocycles. The molecule has 0 unspecified atom stereocenters. The second-order valence-corrected chi connectivity index (χ2v) is 17.0. The van der Waals surface area contributed by atoms with E-state index in [1.165, 1.54) is 23.6 Å². The van der Waals surface area contributed by atoms with Crippen LogP contribution in [0.3, 0.4) is 0 Å². The minimum absolute atomic E-state index is 0.192. The third-order valence-electron chi connectivity index (χ3n) is 7.10. The molecule has 0 bridgehead atoms. The lowest BCUT2D eigenvalue weighted by Gasteiger charge is -2.42. The predicted octanol–water partition coefficient (Wildman–Crippen LogP) is 6.33. The van der Waals surface area contributed by atoms with E-state index < -0.39 is 38.1 Å². The SMILES string of the molecule is COC(=O)/C=C\[C@H](OCc1ccccc1)[C@H](/C=C/CO[Si](c1ccccc1)(c1ccccc1)C(C)(C)C)NC(=O)OC(C)(C)C. The van der Waals surface area contributed by atoms with E-state index in [2.05, 4.69) is 50.4 Å². The van der Waals surface area contributed by atoms with Gasteiger partial charge >= 0.3 is 12.1 Å². The van der Waals surface area contributed by atoms with Crippen LogP contribution in [0.25, 0.3) is 0 Å². The van der Waals surface area contributed by atoms with Crippen molar-refractivity contribution >= 4 is 30.8 Å². The highest BCUT2D eigenvalue weighted by atomic mass is 28.4. The zero-order valence-corrected chi connectivity index (χ0v) is 28.5. The Bertz CT molecular complexity index is 1360. The maximum absolute atomic E-state index is 13.0. The van der Waals surface area contributed by atoms with Crippen molar-refractivity contribution in [2.75, 3.05) is 13.7 Å². The Balaban J connectivity index is 1.96. The van der Waals surface area contributed by atoms with Gasteiger partial charge in [0.15, 0.2) is 0 Å². The van der Waals surface area contributed by atoms with Gasteiger partial charge < -0.3 is 24.0 Å². The molecule has 1 amide bonds. The molecule has 3 aromatic rings. The number of hydrogen-bond acceptors (Lipinski definition) is 6. The predicted molar refractivity (Wildman–Crippen MR) is 182 cm³/mol. The molecule has 0 spiro atoms. The van der Waals surface area contributed by atoms with E-state index >= 15 is 0 Å². The standard InChI is InChI=1S/C37H47NO6Si/c1-36(2,3)44-35(40)38-32(33(25-26-34(39)41-7)42-28-29-18-11-8-12-19-29)24-17-27-43-45(37(4,5)6,30-20-13-9-14-21-30)31-22-15-10-16-23-31/h8-26,32-33H,27-28H2,1-7H3,(H,38,40)/b24-17+,26-25-/t32-,33-/m0/s1. The van der Waals surface area contributed by atoms with Crippen LogP contribution >= 0.6 is 0 Å². The molecule has 0 saturated heterocycles. The fraction of sp³-hybridized carbons (Fsp3) is 0.351. The smallest absolute Gasteiger partial charge is 0.408 e. The molecule has 0 aliphatic rings. The molecule has 240 valence electrons. The zero-order chi connectivity index (χ0) is 32.9. The largest absolute Gasteiger partial charge is 0.466 e. The van der Waals surface area contributed by atoms with E-state index in [1.54, 1.807) is 26.8 Å². The number of hydrogen-bond donors (Lipinski definition) is 1. The van der Waals surface area contributed by atoms with Crippen LogP contribution in [0.1, 0.15) is 47.1 Å². The topological polar surface area (TPSA) is 83.1 Å². The maximum atomic E-state index is 13.0. The summed E-state index contributed by atoms with van der Waals surface area (Å²) in [4.78, 5) is 25.0. The molecule has 0 aliphatic heterocycles. The lowest BCUT2D eigenvalue weighted by Crippen LogP contribution is -2.66. The van der Waals surface area contributed by atoms with E-state index in [0.29, 0.717) is 0 Å². The van der Waals surface area contributed by atoms with Crippen molar-refractivity contribution in [1.82, 2.24) is 5.32 Å². The molecule has 8 heteroatoms. The number of nitrogens with one attached hydrogen (secondary N) is 1. The third-order valence-corrected chi connectivity index (χ3v) is 12.1. The first-order chi connectivity index (χ1) is 21.4. The summed E-state index contributed by atoms with van der Waals surface area (Å²) in [5.41, 5.74) is 0.247. The number of esters is 1. The number of alkyl carbamates (subject to hydrolysis) is 1. The summed E-state index contributed by atoms with van der Waals surface area (Å²) in [6.07, 6.45) is 5.28. The summed E-state index contributed by atoms with van der Waals surface area (Å²) in [5.74, 6) is -0.529. The first-order valence-electron chi connectivity index (χ1n) is 15.2. The summed E-state index contributed by atoms with van der Waals surface area (Å²) in [6.45, 7) is 12.6. The maximum Gasteiger partial charge on any atom is 0.408 e. The molecule has 7 nitrogen and oxygen atoms in total. The average Bonchev–Trinajstić information content (AvgIpc) is 3.00. The van der Waals surface area contributed by atoms with Crippen LogP contribution < -0.4 is 15.7 Å². The van der Waals surface area contributed by atoms with E-state index in [-0.39, 0.29) is 18.3 Å². The van der Waals surface area contributed by atoms with Crippen molar-refractivity contribution in [2.24, 2.45) is 0 Å². The molecule has 3 rings (SSSR count). The Morgan fingerprint density at radius 3 is 1.82 bits per heavy atom. The quantitative estimate of drug-likeness (QED) is 0.103. The first-order valence-corrected chi connectivity index (χ1v) is 17.1. The number of ether oxygens (including phenoxy) is 3. The summed E-state index contributed by atoms with van der Waals surface area (Å²) in [5, 5.41) is 5.07. The van der Waals surface area contributed by atoms with Crippen LogP contribution in [-0.2, 0) is 30.0 Å². The lowest BCUT2D eigenvalue weighted by atomic mass is 10.1. The van der Waals surface area contributed by atoms with Crippen molar-refractivity contribution in [1.29, 1.82) is 0 Å². The van der Waals surface area contributed by atoms with Gasteiger partial charge in [-0.3, -0.25) is 0 Å². The Kier molecular flexibility index (Phi) is 12.9. The van der Waals surface area contributed by atoms with E-state index in [0.717, 1.165) is 5.56 Å². The second-order valence-electron chi connectivity index (χ2n) is 12.7. The van der Waals surface area contributed by atoms with Crippen LogP contribution in [0, 0.1) is 0 Å². The monoisotopic (exact) mass is 629 g/mol. The van der Waals surface area contributed by atoms with Crippen molar-refractivity contribution in [3.05, 3.63) is 121 Å². The second kappa shape index (κ2) is 16.4. The van der Waals surface area contributed by atoms with Crippen molar-refractivity contribution in [3.63, 3.8) is 0 Å². The Morgan fingerprint density at radius 2 is 1.33 bits per heavy atom.